The zero-order valence-electron chi connectivity index (χ0n) is 11.2. The molecule has 0 atom stereocenters. The fourth-order valence-corrected chi connectivity index (χ4v) is 1.51. The molecule has 0 saturated carbocycles. The van der Waals surface area contributed by atoms with E-state index in [0.29, 0.717) is 13.2 Å². The van der Waals surface area contributed by atoms with Crippen LogP contribution in [0.4, 0.5) is 11.4 Å². The molecule has 0 heterocycles. The van der Waals surface area contributed by atoms with Gasteiger partial charge >= 0.3 is 0 Å². The first-order valence-electron chi connectivity index (χ1n) is 6.47. The first kappa shape index (κ1) is 14.5. The van der Waals surface area contributed by atoms with E-state index >= 15 is 0 Å². The summed E-state index contributed by atoms with van der Waals surface area (Å²) in [6.07, 6.45) is 2.42. The Hall–Kier alpha value is -1.55. The largest absolute Gasteiger partial charge is 0.363 e. The van der Waals surface area contributed by atoms with E-state index in [1.54, 1.807) is 0 Å². The van der Waals surface area contributed by atoms with Gasteiger partial charge in [0.2, 0.25) is 5.91 Å². The van der Waals surface area contributed by atoms with Gasteiger partial charge in [0.15, 0.2) is 0 Å². The van der Waals surface area contributed by atoms with Gasteiger partial charge in [-0.25, -0.2) is 0 Å². The predicted octanol–water partition coefficient (Wildman–Crippen LogP) is 3.22. The summed E-state index contributed by atoms with van der Waals surface area (Å²) in [6, 6.07) is 7.64. The molecule has 0 fully saturated rings. The minimum absolute atomic E-state index is 0.0527. The maximum atomic E-state index is 11.5. The molecule has 0 aromatic heterocycles. The lowest BCUT2D eigenvalue weighted by molar-refractivity contribution is -0.116. The Morgan fingerprint density at radius 2 is 2.00 bits per heavy atom. The maximum Gasteiger partial charge on any atom is 0.224 e. The topological polar surface area (TPSA) is 50.4 Å². The summed E-state index contributed by atoms with van der Waals surface area (Å²) in [5, 5.41) is 6.02. The summed E-state index contributed by atoms with van der Waals surface area (Å²) in [5.74, 6) is 0.0527. The van der Waals surface area contributed by atoms with Crippen molar-refractivity contribution in [1.82, 2.24) is 0 Å². The Kier molecular flexibility index (Phi) is 6.87. The van der Waals surface area contributed by atoms with E-state index in [9.17, 15) is 4.79 Å². The van der Waals surface area contributed by atoms with Gasteiger partial charge in [0.1, 0.15) is 6.73 Å². The third-order valence-corrected chi connectivity index (χ3v) is 2.35. The van der Waals surface area contributed by atoms with Crippen molar-refractivity contribution in [2.75, 3.05) is 24.0 Å². The molecule has 0 aliphatic rings. The van der Waals surface area contributed by atoms with Crippen molar-refractivity contribution in [2.45, 2.75) is 33.1 Å². The zero-order valence-corrected chi connectivity index (χ0v) is 11.2. The second-order valence-electron chi connectivity index (χ2n) is 4.11. The lowest BCUT2D eigenvalue weighted by atomic mass is 10.2. The van der Waals surface area contributed by atoms with Crippen molar-refractivity contribution >= 4 is 17.3 Å². The van der Waals surface area contributed by atoms with Crippen molar-refractivity contribution < 1.29 is 9.53 Å². The number of anilines is 2. The SMILES string of the molecule is CCCOCNc1cccc(NC(=O)CCC)c1. The standard InChI is InChI=1S/C14H22N2O2/c1-3-6-14(17)16-13-8-5-7-12(10-13)15-11-18-9-4-2/h5,7-8,10,15H,3-4,6,9,11H2,1-2H3,(H,16,17). The van der Waals surface area contributed by atoms with E-state index < -0.39 is 0 Å². The molecule has 0 bridgehead atoms. The van der Waals surface area contributed by atoms with Crippen LogP contribution in [-0.2, 0) is 9.53 Å². The molecule has 0 aliphatic carbocycles. The Balaban J connectivity index is 2.43. The van der Waals surface area contributed by atoms with Crippen LogP contribution < -0.4 is 10.6 Å². The second-order valence-corrected chi connectivity index (χ2v) is 4.11. The molecule has 100 valence electrons. The molecule has 4 nitrogen and oxygen atoms in total. The normalized spacial score (nSPS) is 10.1. The lowest BCUT2D eigenvalue weighted by Crippen LogP contribution is -2.11. The molecule has 0 saturated heterocycles. The number of carbonyl (C=O) groups is 1. The minimum Gasteiger partial charge on any atom is -0.363 e. The van der Waals surface area contributed by atoms with E-state index in [1.165, 1.54) is 0 Å². The number of ether oxygens (including phenoxy) is 1. The molecule has 1 aromatic rings. The fraction of sp³-hybridized carbons (Fsp3) is 0.500. The van der Waals surface area contributed by atoms with Gasteiger partial charge in [0.05, 0.1) is 0 Å². The van der Waals surface area contributed by atoms with Crippen LogP contribution in [-0.4, -0.2) is 19.2 Å². The van der Waals surface area contributed by atoms with Crippen LogP contribution in [0.1, 0.15) is 33.1 Å². The third-order valence-electron chi connectivity index (χ3n) is 2.35. The van der Waals surface area contributed by atoms with Crippen molar-refractivity contribution in [1.29, 1.82) is 0 Å². The Morgan fingerprint density at radius 3 is 2.72 bits per heavy atom. The number of benzene rings is 1. The second kappa shape index (κ2) is 8.53. The van der Waals surface area contributed by atoms with Gasteiger partial charge in [0.25, 0.3) is 0 Å². The molecule has 2 N–H and O–H groups in total. The molecule has 0 aliphatic heterocycles. The fourth-order valence-electron chi connectivity index (χ4n) is 1.51. The highest BCUT2D eigenvalue weighted by molar-refractivity contribution is 5.91. The molecule has 4 heteroatoms. The molecular formula is C14H22N2O2. The highest BCUT2D eigenvalue weighted by Crippen LogP contribution is 2.15. The van der Waals surface area contributed by atoms with E-state index in [-0.39, 0.29) is 5.91 Å². The number of rotatable bonds is 8. The van der Waals surface area contributed by atoms with Gasteiger partial charge in [0, 0.05) is 24.4 Å². The van der Waals surface area contributed by atoms with E-state index in [1.807, 2.05) is 31.2 Å². The summed E-state index contributed by atoms with van der Waals surface area (Å²) in [5.41, 5.74) is 1.76. The summed E-state index contributed by atoms with van der Waals surface area (Å²) in [4.78, 5) is 11.5. The van der Waals surface area contributed by atoms with E-state index in [4.69, 9.17) is 4.74 Å². The summed E-state index contributed by atoms with van der Waals surface area (Å²) < 4.78 is 5.35. The molecule has 0 radical (unpaired) electrons. The average Bonchev–Trinajstić information content (AvgIpc) is 2.35. The molecule has 1 aromatic carbocycles. The van der Waals surface area contributed by atoms with Gasteiger partial charge in [-0.2, -0.15) is 0 Å². The van der Waals surface area contributed by atoms with Crippen LogP contribution in [0.5, 0.6) is 0 Å². The van der Waals surface area contributed by atoms with Crippen LogP contribution in [0.15, 0.2) is 24.3 Å². The highest BCUT2D eigenvalue weighted by atomic mass is 16.5. The Bertz CT molecular complexity index is 367. The molecule has 18 heavy (non-hydrogen) atoms. The predicted molar refractivity (Wildman–Crippen MR) is 74.7 cm³/mol. The van der Waals surface area contributed by atoms with Crippen LogP contribution in [0, 0.1) is 0 Å². The zero-order chi connectivity index (χ0) is 13.2. The summed E-state index contributed by atoms with van der Waals surface area (Å²) in [6.45, 7) is 5.30. The number of hydrogen-bond donors (Lipinski definition) is 2. The Labute approximate surface area is 109 Å². The van der Waals surface area contributed by atoms with Gasteiger partial charge in [-0.1, -0.05) is 19.9 Å². The highest BCUT2D eigenvalue weighted by Gasteiger charge is 2.01. The number of nitrogens with one attached hydrogen (secondary N) is 2. The van der Waals surface area contributed by atoms with Gasteiger partial charge in [-0.15, -0.1) is 0 Å². The van der Waals surface area contributed by atoms with E-state index in [0.717, 1.165) is 30.8 Å². The van der Waals surface area contributed by atoms with Crippen LogP contribution in [0.25, 0.3) is 0 Å². The quantitative estimate of drug-likeness (QED) is 0.550. The first-order valence-corrected chi connectivity index (χ1v) is 6.47. The third kappa shape index (κ3) is 5.68. The van der Waals surface area contributed by atoms with Gasteiger partial charge < -0.3 is 15.4 Å². The number of amides is 1. The van der Waals surface area contributed by atoms with Crippen LogP contribution >= 0.6 is 0 Å². The summed E-state index contributed by atoms with van der Waals surface area (Å²) in [7, 11) is 0. The van der Waals surface area contributed by atoms with Crippen molar-refractivity contribution in [3.05, 3.63) is 24.3 Å². The van der Waals surface area contributed by atoms with Crippen molar-refractivity contribution in [3.8, 4) is 0 Å². The van der Waals surface area contributed by atoms with Gasteiger partial charge in [-0.05, 0) is 31.0 Å². The number of carbonyl (C=O) groups excluding carboxylic acids is 1. The summed E-state index contributed by atoms with van der Waals surface area (Å²) >= 11 is 0. The first-order chi connectivity index (χ1) is 8.76. The molecule has 0 unspecified atom stereocenters. The molecule has 1 rings (SSSR count). The maximum absolute atomic E-state index is 11.5. The number of hydrogen-bond acceptors (Lipinski definition) is 3. The Morgan fingerprint density at radius 1 is 1.22 bits per heavy atom. The monoisotopic (exact) mass is 250 g/mol. The molecular weight excluding hydrogens is 228 g/mol. The van der Waals surface area contributed by atoms with E-state index in [2.05, 4.69) is 17.6 Å². The van der Waals surface area contributed by atoms with Crippen molar-refractivity contribution in [2.24, 2.45) is 0 Å². The van der Waals surface area contributed by atoms with Crippen LogP contribution in [0.2, 0.25) is 0 Å². The lowest BCUT2D eigenvalue weighted by Gasteiger charge is -2.09. The van der Waals surface area contributed by atoms with Crippen LogP contribution in [0.3, 0.4) is 0 Å². The minimum atomic E-state index is 0.0527. The molecule has 0 spiro atoms. The smallest absolute Gasteiger partial charge is 0.224 e. The average molecular weight is 250 g/mol. The van der Waals surface area contributed by atoms with Crippen molar-refractivity contribution in [3.63, 3.8) is 0 Å². The van der Waals surface area contributed by atoms with Gasteiger partial charge in [-0.3, -0.25) is 4.79 Å². The molecule has 1 amide bonds.